The third-order valence-electron chi connectivity index (χ3n) is 6.21. The predicted molar refractivity (Wildman–Crippen MR) is 118 cm³/mol. The largest absolute Gasteiger partial charge is 0.0836 e. The van der Waals surface area contributed by atoms with Crippen molar-refractivity contribution in [3.8, 4) is 11.1 Å². The molecule has 0 spiro atoms. The van der Waals surface area contributed by atoms with Gasteiger partial charge in [0.1, 0.15) is 0 Å². The van der Waals surface area contributed by atoms with Crippen molar-refractivity contribution in [1.82, 2.24) is 0 Å². The molecule has 1 aliphatic rings. The van der Waals surface area contributed by atoms with Crippen LogP contribution in [0.25, 0.3) is 49.5 Å². The highest BCUT2D eigenvalue weighted by Gasteiger charge is 2.14. The first-order valence-electron chi connectivity index (χ1n) is 9.76. The Kier molecular flexibility index (Phi) is 3.02. The molecule has 5 aromatic carbocycles. The molecular weight excluding hydrogens is 324 g/mol. The zero-order valence-electron chi connectivity index (χ0n) is 15.4. The van der Waals surface area contributed by atoms with Crippen molar-refractivity contribution in [3.05, 3.63) is 89.5 Å². The number of fused-ring (bicyclic) bond motifs is 1. The summed E-state index contributed by atoms with van der Waals surface area (Å²) in [6, 6.07) is 25.2. The molecule has 0 nitrogen and oxygen atoms in total. The molecule has 1 aliphatic carbocycles. The summed E-state index contributed by atoms with van der Waals surface area (Å²) in [5.74, 6) is 0. The summed E-state index contributed by atoms with van der Waals surface area (Å²) in [6.07, 6.45) is 6.83. The molecule has 128 valence electrons. The maximum atomic E-state index is 2.40. The fourth-order valence-corrected chi connectivity index (χ4v) is 4.80. The highest BCUT2D eigenvalue weighted by atomic mass is 14.2. The van der Waals surface area contributed by atoms with Gasteiger partial charge in [0.05, 0.1) is 0 Å². The fraction of sp³-hybridized carbons (Fsp3) is 0.111. The molecule has 0 N–H and O–H groups in total. The van der Waals surface area contributed by atoms with Crippen LogP contribution in [0.15, 0.2) is 72.8 Å². The van der Waals surface area contributed by atoms with Crippen molar-refractivity contribution >= 4 is 38.4 Å². The molecule has 0 radical (unpaired) electrons. The Hall–Kier alpha value is -3.12. The second-order valence-electron chi connectivity index (χ2n) is 7.77. The van der Waals surface area contributed by atoms with E-state index in [2.05, 4.69) is 85.8 Å². The van der Waals surface area contributed by atoms with Gasteiger partial charge >= 0.3 is 0 Å². The summed E-state index contributed by atoms with van der Waals surface area (Å²) in [4.78, 5) is 0. The Bertz CT molecular complexity index is 1370. The van der Waals surface area contributed by atoms with Crippen LogP contribution in [0.3, 0.4) is 0 Å². The molecule has 0 bridgehead atoms. The van der Waals surface area contributed by atoms with Crippen LogP contribution >= 0.6 is 0 Å². The lowest BCUT2D eigenvalue weighted by atomic mass is 9.87. The molecule has 5 aromatic rings. The van der Waals surface area contributed by atoms with Crippen LogP contribution in [0, 0.1) is 6.92 Å². The molecular formula is C27H20. The molecule has 0 fully saturated rings. The van der Waals surface area contributed by atoms with E-state index in [-0.39, 0.29) is 0 Å². The van der Waals surface area contributed by atoms with E-state index in [0.717, 1.165) is 12.8 Å². The minimum Gasteiger partial charge on any atom is -0.0836 e. The Balaban J connectivity index is 1.71. The summed E-state index contributed by atoms with van der Waals surface area (Å²) in [7, 11) is 0. The first-order valence-corrected chi connectivity index (χ1v) is 9.76. The molecule has 0 saturated carbocycles. The van der Waals surface area contributed by atoms with Gasteiger partial charge in [0.25, 0.3) is 0 Å². The van der Waals surface area contributed by atoms with Gasteiger partial charge in [-0.05, 0) is 79.9 Å². The monoisotopic (exact) mass is 344 g/mol. The third kappa shape index (κ3) is 2.10. The van der Waals surface area contributed by atoms with E-state index in [1.165, 1.54) is 60.1 Å². The first kappa shape index (κ1) is 15.0. The molecule has 0 aliphatic heterocycles. The lowest BCUT2D eigenvalue weighted by molar-refractivity contribution is 0.986. The van der Waals surface area contributed by atoms with Crippen LogP contribution in [0.5, 0.6) is 0 Å². The minimum absolute atomic E-state index is 1.14. The van der Waals surface area contributed by atoms with E-state index in [1.54, 1.807) is 0 Å². The smallest absolute Gasteiger partial charge is 0.00205 e. The number of hydrogen-bond donors (Lipinski definition) is 0. The van der Waals surface area contributed by atoms with Gasteiger partial charge < -0.3 is 0 Å². The number of aryl methyl sites for hydroxylation is 2. The topological polar surface area (TPSA) is 0 Å². The second kappa shape index (κ2) is 5.44. The van der Waals surface area contributed by atoms with E-state index in [4.69, 9.17) is 0 Å². The van der Waals surface area contributed by atoms with E-state index in [9.17, 15) is 0 Å². The van der Waals surface area contributed by atoms with Gasteiger partial charge in [-0.1, -0.05) is 78.9 Å². The maximum Gasteiger partial charge on any atom is -0.00205 e. The van der Waals surface area contributed by atoms with Gasteiger partial charge in [-0.3, -0.25) is 0 Å². The Morgan fingerprint density at radius 1 is 0.704 bits per heavy atom. The SMILES string of the molecule is Cc1ccc2ccc3c(-c4ccc5c(c4)CCC=C5)ccc4ccc1c2c43. The van der Waals surface area contributed by atoms with Crippen molar-refractivity contribution in [1.29, 1.82) is 0 Å². The first-order chi connectivity index (χ1) is 13.3. The second-order valence-corrected chi connectivity index (χ2v) is 7.77. The molecule has 27 heavy (non-hydrogen) atoms. The van der Waals surface area contributed by atoms with Crippen molar-refractivity contribution in [3.63, 3.8) is 0 Å². The number of rotatable bonds is 1. The Morgan fingerprint density at radius 2 is 1.44 bits per heavy atom. The third-order valence-corrected chi connectivity index (χ3v) is 6.21. The van der Waals surface area contributed by atoms with E-state index < -0.39 is 0 Å². The van der Waals surface area contributed by atoms with Crippen molar-refractivity contribution in [2.75, 3.05) is 0 Å². The normalized spacial score (nSPS) is 13.7. The highest BCUT2D eigenvalue weighted by molar-refractivity contribution is 6.25. The zero-order chi connectivity index (χ0) is 18.0. The molecule has 6 rings (SSSR count). The molecule has 0 unspecified atom stereocenters. The number of benzene rings is 5. The van der Waals surface area contributed by atoms with E-state index in [0.29, 0.717) is 0 Å². The predicted octanol–water partition coefficient (Wildman–Crippen LogP) is 7.52. The number of hydrogen-bond acceptors (Lipinski definition) is 0. The maximum absolute atomic E-state index is 2.40. The highest BCUT2D eigenvalue weighted by Crippen LogP contribution is 2.40. The van der Waals surface area contributed by atoms with Crippen LogP contribution in [0.1, 0.15) is 23.1 Å². The van der Waals surface area contributed by atoms with Crippen molar-refractivity contribution in [2.24, 2.45) is 0 Å². The number of allylic oxidation sites excluding steroid dienone is 1. The van der Waals surface area contributed by atoms with Crippen LogP contribution in [0.2, 0.25) is 0 Å². The molecule has 0 heterocycles. The minimum atomic E-state index is 1.14. The van der Waals surface area contributed by atoms with Gasteiger partial charge in [0.15, 0.2) is 0 Å². The lowest BCUT2D eigenvalue weighted by Crippen LogP contribution is -1.95. The summed E-state index contributed by atoms with van der Waals surface area (Å²) in [6.45, 7) is 2.21. The fourth-order valence-electron chi connectivity index (χ4n) is 4.80. The van der Waals surface area contributed by atoms with Gasteiger partial charge in [-0.2, -0.15) is 0 Å². The summed E-state index contributed by atoms with van der Waals surface area (Å²) in [5, 5.41) is 8.22. The molecule has 0 aromatic heterocycles. The van der Waals surface area contributed by atoms with Crippen LogP contribution in [0.4, 0.5) is 0 Å². The Labute approximate surface area is 159 Å². The summed E-state index contributed by atoms with van der Waals surface area (Å²) < 4.78 is 0. The Morgan fingerprint density at radius 3 is 2.33 bits per heavy atom. The summed E-state index contributed by atoms with van der Waals surface area (Å²) >= 11 is 0. The average molecular weight is 344 g/mol. The van der Waals surface area contributed by atoms with Crippen LogP contribution < -0.4 is 0 Å². The van der Waals surface area contributed by atoms with Crippen LogP contribution in [-0.4, -0.2) is 0 Å². The quantitative estimate of drug-likeness (QED) is 0.276. The van der Waals surface area contributed by atoms with Crippen LogP contribution in [-0.2, 0) is 6.42 Å². The van der Waals surface area contributed by atoms with Crippen molar-refractivity contribution in [2.45, 2.75) is 19.8 Å². The molecule has 0 heteroatoms. The molecule has 0 saturated heterocycles. The van der Waals surface area contributed by atoms with E-state index in [1.807, 2.05) is 0 Å². The average Bonchev–Trinajstić information content (AvgIpc) is 2.73. The van der Waals surface area contributed by atoms with E-state index >= 15 is 0 Å². The van der Waals surface area contributed by atoms with Gasteiger partial charge in [0.2, 0.25) is 0 Å². The van der Waals surface area contributed by atoms with Gasteiger partial charge in [0, 0.05) is 0 Å². The molecule has 0 atom stereocenters. The standard InChI is InChI=1S/C27H20/c1-17-6-7-19-12-15-25-24(14-11-20-10-13-23(17)26(19)27(20)25)22-9-8-18-4-2-3-5-21(18)16-22/h2,4,6-16H,3,5H2,1H3. The van der Waals surface area contributed by atoms with Crippen molar-refractivity contribution < 1.29 is 0 Å². The zero-order valence-corrected chi connectivity index (χ0v) is 15.4. The van der Waals surface area contributed by atoms with Gasteiger partial charge in [-0.25, -0.2) is 0 Å². The molecule has 0 amide bonds. The van der Waals surface area contributed by atoms with Gasteiger partial charge in [-0.15, -0.1) is 0 Å². The summed E-state index contributed by atoms with van der Waals surface area (Å²) in [5.41, 5.74) is 6.87. The lowest BCUT2D eigenvalue weighted by Gasteiger charge is -2.17.